The van der Waals surface area contributed by atoms with Gasteiger partial charge in [0.1, 0.15) is 10.8 Å². The molecule has 0 spiro atoms. The molecule has 0 fully saturated rings. The van der Waals surface area contributed by atoms with Gasteiger partial charge in [0.05, 0.1) is 16.0 Å². The monoisotopic (exact) mass is 516 g/mol. The highest BCUT2D eigenvalue weighted by Crippen LogP contribution is 2.30. The lowest BCUT2D eigenvalue weighted by atomic mass is 10.1. The Morgan fingerprint density at radius 2 is 1.76 bits per heavy atom. The molecule has 0 saturated carbocycles. The van der Waals surface area contributed by atoms with Crippen LogP contribution in [0.4, 0.5) is 22.7 Å². The lowest BCUT2D eigenvalue weighted by Crippen LogP contribution is -2.26. The fraction of sp³-hybridized carbons (Fsp3) is 0.286. The maximum absolute atomic E-state index is 13.9. The van der Waals surface area contributed by atoms with E-state index in [1.54, 1.807) is 12.1 Å². The zero-order chi connectivity index (χ0) is 25.1. The Kier molecular flexibility index (Phi) is 7.56. The average Bonchev–Trinajstić information content (AvgIpc) is 3.21. The SMILES string of the molecule is CC(C)c1nnc(NS(=O)(=O)c2ccc(CCNC(=O)c3ccc(C(F)(F)F)cc3F)cc2)s1. The summed E-state index contributed by atoms with van der Waals surface area (Å²) < 4.78 is 79.2. The molecule has 2 aromatic carbocycles. The Balaban J connectivity index is 1.57. The Morgan fingerprint density at radius 3 is 2.32 bits per heavy atom. The molecule has 3 rings (SSSR count). The van der Waals surface area contributed by atoms with Crippen LogP contribution in [0.25, 0.3) is 0 Å². The van der Waals surface area contributed by atoms with Crippen LogP contribution in [0, 0.1) is 5.82 Å². The van der Waals surface area contributed by atoms with E-state index in [2.05, 4.69) is 20.2 Å². The number of nitrogens with one attached hydrogen (secondary N) is 2. The molecule has 1 heterocycles. The first kappa shape index (κ1) is 25.6. The number of alkyl halides is 3. The maximum Gasteiger partial charge on any atom is 0.416 e. The zero-order valence-electron chi connectivity index (χ0n) is 18.0. The summed E-state index contributed by atoms with van der Waals surface area (Å²) in [7, 11) is -3.86. The summed E-state index contributed by atoms with van der Waals surface area (Å²) in [5, 5.41) is 11.0. The maximum atomic E-state index is 13.9. The first-order valence-electron chi connectivity index (χ1n) is 9.97. The fourth-order valence-electron chi connectivity index (χ4n) is 2.81. The summed E-state index contributed by atoms with van der Waals surface area (Å²) in [6, 6.07) is 7.57. The van der Waals surface area contributed by atoms with E-state index in [1.165, 1.54) is 12.1 Å². The van der Waals surface area contributed by atoms with Crippen LogP contribution in [0.1, 0.15) is 46.3 Å². The molecule has 0 atom stereocenters. The highest BCUT2D eigenvalue weighted by Gasteiger charge is 2.31. The summed E-state index contributed by atoms with van der Waals surface area (Å²) in [5.41, 5.74) is -1.000. The number of carbonyl (C=O) groups is 1. The van der Waals surface area contributed by atoms with Crippen molar-refractivity contribution in [3.05, 3.63) is 70.0 Å². The number of amides is 1. The number of halogens is 4. The summed E-state index contributed by atoms with van der Waals surface area (Å²) in [6.07, 6.45) is -4.42. The van der Waals surface area contributed by atoms with E-state index in [0.29, 0.717) is 16.6 Å². The zero-order valence-corrected chi connectivity index (χ0v) is 19.6. The number of nitrogens with zero attached hydrogens (tertiary/aromatic N) is 2. The van der Waals surface area contributed by atoms with Gasteiger partial charge in [-0.25, -0.2) is 12.8 Å². The van der Waals surface area contributed by atoms with E-state index in [-0.39, 0.29) is 35.0 Å². The molecular weight excluding hydrogens is 496 g/mol. The van der Waals surface area contributed by atoms with Crippen LogP contribution in [0.3, 0.4) is 0 Å². The van der Waals surface area contributed by atoms with Crippen molar-refractivity contribution in [2.75, 3.05) is 11.3 Å². The van der Waals surface area contributed by atoms with Crippen LogP contribution in [0.2, 0.25) is 0 Å². The molecule has 0 aliphatic carbocycles. The first-order valence-corrected chi connectivity index (χ1v) is 12.3. The molecule has 34 heavy (non-hydrogen) atoms. The van der Waals surface area contributed by atoms with Gasteiger partial charge in [-0.2, -0.15) is 13.2 Å². The van der Waals surface area contributed by atoms with Crippen molar-refractivity contribution in [3.63, 3.8) is 0 Å². The highest BCUT2D eigenvalue weighted by molar-refractivity contribution is 7.93. The molecule has 0 aliphatic heterocycles. The summed E-state index contributed by atoms with van der Waals surface area (Å²) >= 11 is 1.15. The third kappa shape index (κ3) is 6.29. The molecule has 0 unspecified atom stereocenters. The van der Waals surface area contributed by atoms with Gasteiger partial charge in [0.25, 0.3) is 15.9 Å². The Labute approximate surface area is 197 Å². The predicted octanol–water partition coefficient (Wildman–Crippen LogP) is 4.59. The lowest BCUT2D eigenvalue weighted by molar-refractivity contribution is -0.137. The van der Waals surface area contributed by atoms with Crippen LogP contribution in [-0.4, -0.2) is 31.1 Å². The summed E-state index contributed by atoms with van der Waals surface area (Å²) in [6.45, 7) is 3.90. The second-order valence-electron chi connectivity index (χ2n) is 7.55. The normalized spacial score (nSPS) is 12.1. The van der Waals surface area contributed by atoms with Gasteiger partial charge < -0.3 is 5.32 Å². The molecule has 13 heteroatoms. The highest BCUT2D eigenvalue weighted by atomic mass is 32.2. The van der Waals surface area contributed by atoms with Gasteiger partial charge >= 0.3 is 6.18 Å². The molecule has 7 nitrogen and oxygen atoms in total. The van der Waals surface area contributed by atoms with Gasteiger partial charge in [-0.1, -0.05) is 37.3 Å². The second kappa shape index (κ2) is 10.1. The quantitative estimate of drug-likeness (QED) is 0.427. The number of hydrogen-bond donors (Lipinski definition) is 2. The van der Waals surface area contributed by atoms with Crippen molar-refractivity contribution in [1.82, 2.24) is 15.5 Å². The molecule has 1 amide bonds. The lowest BCUT2D eigenvalue weighted by Gasteiger charge is -2.10. The molecule has 182 valence electrons. The fourth-order valence-corrected chi connectivity index (χ4v) is 4.79. The van der Waals surface area contributed by atoms with Gasteiger partial charge in [0.15, 0.2) is 0 Å². The van der Waals surface area contributed by atoms with Crippen molar-refractivity contribution >= 4 is 32.4 Å². The molecule has 2 N–H and O–H groups in total. The minimum absolute atomic E-state index is 0.00779. The van der Waals surface area contributed by atoms with Crippen molar-refractivity contribution in [1.29, 1.82) is 0 Å². The third-order valence-electron chi connectivity index (χ3n) is 4.63. The smallest absolute Gasteiger partial charge is 0.352 e. The standard InChI is InChI=1S/C21H20F4N4O3S2/c1-12(2)19-27-28-20(33-19)29-34(31,32)15-6-3-13(4-7-15)9-10-26-18(30)16-8-5-14(11-17(16)22)21(23,24)25/h3-8,11-12H,9-10H2,1-2H3,(H,26,30)(H,28,29). The predicted molar refractivity (Wildman–Crippen MR) is 119 cm³/mol. The third-order valence-corrected chi connectivity index (χ3v) is 7.25. The van der Waals surface area contributed by atoms with Gasteiger partial charge in [-0.15, -0.1) is 10.2 Å². The van der Waals surface area contributed by atoms with E-state index < -0.39 is 39.1 Å². The number of carbonyl (C=O) groups excluding carboxylic acids is 1. The van der Waals surface area contributed by atoms with Crippen molar-refractivity contribution in [2.24, 2.45) is 0 Å². The van der Waals surface area contributed by atoms with Crippen LogP contribution < -0.4 is 10.0 Å². The molecule has 3 aromatic rings. The van der Waals surface area contributed by atoms with E-state index in [4.69, 9.17) is 0 Å². The number of anilines is 1. The van der Waals surface area contributed by atoms with Crippen LogP contribution in [-0.2, 0) is 22.6 Å². The van der Waals surface area contributed by atoms with E-state index in [0.717, 1.165) is 17.4 Å². The molecule has 1 aromatic heterocycles. The van der Waals surface area contributed by atoms with Crippen LogP contribution in [0.15, 0.2) is 47.4 Å². The molecule has 0 saturated heterocycles. The van der Waals surface area contributed by atoms with Crippen molar-refractivity contribution in [2.45, 2.75) is 37.3 Å². The van der Waals surface area contributed by atoms with E-state index in [1.807, 2.05) is 13.8 Å². The summed E-state index contributed by atoms with van der Waals surface area (Å²) in [5.74, 6) is -2.01. The molecule has 0 radical (unpaired) electrons. The number of rotatable bonds is 8. The number of aromatic nitrogens is 2. The molecule has 0 bridgehead atoms. The molecular formula is C21H20F4N4O3S2. The van der Waals surface area contributed by atoms with E-state index >= 15 is 0 Å². The van der Waals surface area contributed by atoms with E-state index in [9.17, 15) is 30.8 Å². The van der Waals surface area contributed by atoms with Crippen molar-refractivity contribution in [3.8, 4) is 0 Å². The minimum atomic E-state index is -4.71. The minimum Gasteiger partial charge on any atom is -0.352 e. The summed E-state index contributed by atoms with van der Waals surface area (Å²) in [4.78, 5) is 12.1. The van der Waals surface area contributed by atoms with Crippen LogP contribution in [0.5, 0.6) is 0 Å². The Morgan fingerprint density at radius 1 is 1.09 bits per heavy atom. The number of benzene rings is 2. The van der Waals surface area contributed by atoms with Gasteiger partial charge in [-0.05, 0) is 42.3 Å². The van der Waals surface area contributed by atoms with Crippen molar-refractivity contribution < 1.29 is 30.8 Å². The second-order valence-corrected chi connectivity index (χ2v) is 10.2. The Hall–Kier alpha value is -3.06. The number of sulfonamides is 1. The van der Waals surface area contributed by atoms with Gasteiger partial charge in [0, 0.05) is 12.5 Å². The topological polar surface area (TPSA) is 101 Å². The van der Waals surface area contributed by atoms with Gasteiger partial charge in [0.2, 0.25) is 5.13 Å². The molecule has 0 aliphatic rings. The first-order chi connectivity index (χ1) is 15.9. The number of hydrogen-bond acceptors (Lipinski definition) is 6. The van der Waals surface area contributed by atoms with Crippen LogP contribution >= 0.6 is 11.3 Å². The Bertz CT molecular complexity index is 1270. The average molecular weight is 517 g/mol. The van der Waals surface area contributed by atoms with Gasteiger partial charge in [-0.3, -0.25) is 9.52 Å². The largest absolute Gasteiger partial charge is 0.416 e.